The van der Waals surface area contributed by atoms with Gasteiger partial charge in [-0.05, 0) is 12.3 Å². The van der Waals surface area contributed by atoms with Crippen LogP contribution in [-0.2, 0) is 0 Å². The second-order valence-electron chi connectivity index (χ2n) is 2.57. The van der Waals surface area contributed by atoms with Gasteiger partial charge in [-0.1, -0.05) is 23.9 Å². The van der Waals surface area contributed by atoms with Crippen molar-refractivity contribution in [1.82, 2.24) is 10.2 Å². The molecule has 0 aromatic heterocycles. The lowest BCUT2D eigenvalue weighted by atomic mass is 10.4. The molecule has 3 nitrogen and oxygen atoms in total. The van der Waals surface area contributed by atoms with Gasteiger partial charge in [0.1, 0.15) is 0 Å². The average Bonchev–Trinajstić information content (AvgIpc) is 2.31. The summed E-state index contributed by atoms with van der Waals surface area (Å²) in [4.78, 5) is 1.89. The first kappa shape index (κ1) is 10.5. The van der Waals surface area contributed by atoms with E-state index in [0.29, 0.717) is 5.88 Å². The zero-order chi connectivity index (χ0) is 8.39. The van der Waals surface area contributed by atoms with Gasteiger partial charge in [0.05, 0.1) is 0 Å². The van der Waals surface area contributed by atoms with Gasteiger partial charge in [0.2, 0.25) is 0 Å². The summed E-state index contributed by atoms with van der Waals surface area (Å²) in [6.07, 6.45) is 7.81. The van der Waals surface area contributed by atoms with Crippen LogP contribution in [0, 0.1) is 0 Å². The van der Waals surface area contributed by atoms with Crippen LogP contribution in [0.15, 0.2) is 35.7 Å². The van der Waals surface area contributed by atoms with Crippen molar-refractivity contribution in [2.45, 2.75) is 5.50 Å². The fourth-order valence-electron chi connectivity index (χ4n) is 1.15. The Labute approximate surface area is 92.0 Å². The molecule has 2 rings (SSSR count). The van der Waals surface area contributed by atoms with Gasteiger partial charge in [-0.3, -0.25) is 0 Å². The van der Waals surface area contributed by atoms with Crippen molar-refractivity contribution in [2.24, 2.45) is 0 Å². The zero-order valence-electron chi connectivity index (χ0n) is 6.88. The molecule has 2 aliphatic rings. The average molecular weight is 263 g/mol. The summed E-state index contributed by atoms with van der Waals surface area (Å²) in [5, 5.41) is 14.3. The Kier molecular flexibility index (Phi) is 3.74. The van der Waals surface area contributed by atoms with Crippen LogP contribution in [-0.4, -0.2) is 22.0 Å². The van der Waals surface area contributed by atoms with Gasteiger partial charge in [0.15, 0.2) is 11.4 Å². The third kappa shape index (κ3) is 2.22. The van der Waals surface area contributed by atoms with Crippen LogP contribution in [0.1, 0.15) is 0 Å². The number of aliphatic hydroxyl groups excluding tert-OH is 1. The summed E-state index contributed by atoms with van der Waals surface area (Å²) in [5.74, 6) is 0.345. The summed E-state index contributed by atoms with van der Waals surface area (Å²) >= 11 is 1.57. The first-order valence-corrected chi connectivity index (χ1v) is 4.71. The molecule has 0 bridgehead atoms. The maximum atomic E-state index is 9.41. The number of halogens is 1. The molecule has 0 spiro atoms. The van der Waals surface area contributed by atoms with Gasteiger partial charge in [-0.15, -0.1) is 17.0 Å². The molecule has 2 heterocycles. The molecular formula is C8H11BrN2OS. The molecule has 0 saturated carbocycles. The van der Waals surface area contributed by atoms with Crippen molar-refractivity contribution in [3.63, 3.8) is 0 Å². The lowest BCUT2D eigenvalue weighted by Gasteiger charge is -2.25. The van der Waals surface area contributed by atoms with E-state index in [1.54, 1.807) is 17.2 Å². The maximum absolute atomic E-state index is 9.41. The minimum atomic E-state index is 0. The van der Waals surface area contributed by atoms with Gasteiger partial charge in [-0.2, -0.15) is 0 Å². The van der Waals surface area contributed by atoms with Crippen molar-refractivity contribution in [3.8, 4) is 0 Å². The van der Waals surface area contributed by atoms with Crippen molar-refractivity contribution in [3.05, 3.63) is 35.7 Å². The van der Waals surface area contributed by atoms with Crippen molar-refractivity contribution in [1.29, 1.82) is 0 Å². The molecule has 0 amide bonds. The van der Waals surface area contributed by atoms with Crippen LogP contribution in [0.2, 0.25) is 0 Å². The number of nitrogens with zero attached hydrogens (tertiary/aromatic N) is 1. The van der Waals surface area contributed by atoms with E-state index < -0.39 is 0 Å². The number of aliphatic hydroxyl groups is 1. The Hall–Kier alpha value is -0.550. The Morgan fingerprint density at radius 2 is 2.38 bits per heavy atom. The molecule has 0 fully saturated rings. The quantitative estimate of drug-likeness (QED) is 0.700. The van der Waals surface area contributed by atoms with Gasteiger partial charge in [0, 0.05) is 12.0 Å². The lowest BCUT2D eigenvalue weighted by molar-refractivity contribution is 0.203. The summed E-state index contributed by atoms with van der Waals surface area (Å²) in [7, 11) is 0. The highest BCUT2D eigenvalue weighted by Crippen LogP contribution is 2.27. The lowest BCUT2D eigenvalue weighted by Crippen LogP contribution is -2.37. The number of allylic oxidation sites excluding steroid dienone is 2. The predicted octanol–water partition coefficient (Wildman–Crippen LogP) is 1.93. The Morgan fingerprint density at radius 3 is 3.23 bits per heavy atom. The SMILES string of the molecule is Br.OC1=CSC2N/C=C\C=C/CN12. The van der Waals surface area contributed by atoms with E-state index in [0.717, 1.165) is 6.54 Å². The van der Waals surface area contributed by atoms with E-state index in [1.807, 2.05) is 29.3 Å². The number of thioether (sulfide) groups is 1. The van der Waals surface area contributed by atoms with E-state index in [-0.39, 0.29) is 22.5 Å². The number of nitrogens with one attached hydrogen (secondary N) is 1. The van der Waals surface area contributed by atoms with Gasteiger partial charge >= 0.3 is 0 Å². The monoisotopic (exact) mass is 262 g/mol. The molecule has 0 saturated heterocycles. The van der Waals surface area contributed by atoms with E-state index in [1.165, 1.54) is 0 Å². The van der Waals surface area contributed by atoms with Crippen LogP contribution in [0.25, 0.3) is 0 Å². The van der Waals surface area contributed by atoms with Crippen LogP contribution in [0.5, 0.6) is 0 Å². The highest BCUT2D eigenvalue weighted by molar-refractivity contribution is 8.93. The molecule has 2 N–H and O–H groups in total. The molecule has 1 atom stereocenters. The van der Waals surface area contributed by atoms with E-state index >= 15 is 0 Å². The summed E-state index contributed by atoms with van der Waals surface area (Å²) in [5.41, 5.74) is 0.145. The highest BCUT2D eigenvalue weighted by atomic mass is 79.9. The molecular weight excluding hydrogens is 252 g/mol. The van der Waals surface area contributed by atoms with E-state index in [2.05, 4.69) is 5.32 Å². The number of hydrogen-bond donors (Lipinski definition) is 2. The minimum absolute atomic E-state index is 0. The smallest absolute Gasteiger partial charge is 0.196 e. The van der Waals surface area contributed by atoms with E-state index in [9.17, 15) is 5.11 Å². The number of fused-ring (bicyclic) bond motifs is 1. The van der Waals surface area contributed by atoms with Crippen molar-refractivity contribution < 1.29 is 5.11 Å². The Bertz CT molecular complexity index is 265. The van der Waals surface area contributed by atoms with E-state index in [4.69, 9.17) is 0 Å². The number of hydrogen-bond acceptors (Lipinski definition) is 4. The molecule has 0 aromatic rings. The summed E-state index contributed by atoms with van der Waals surface area (Å²) < 4.78 is 0. The Morgan fingerprint density at radius 1 is 1.54 bits per heavy atom. The maximum Gasteiger partial charge on any atom is 0.196 e. The van der Waals surface area contributed by atoms with Crippen LogP contribution in [0.3, 0.4) is 0 Å². The second-order valence-corrected chi connectivity index (χ2v) is 3.53. The normalized spacial score (nSPS) is 30.0. The first-order chi connectivity index (χ1) is 5.88. The molecule has 72 valence electrons. The topological polar surface area (TPSA) is 35.5 Å². The summed E-state index contributed by atoms with van der Waals surface area (Å²) in [6, 6.07) is 0. The van der Waals surface area contributed by atoms with Crippen molar-refractivity contribution >= 4 is 28.7 Å². The molecule has 2 aliphatic heterocycles. The second kappa shape index (κ2) is 4.62. The Balaban J connectivity index is 0.000000845. The molecule has 13 heavy (non-hydrogen) atoms. The van der Waals surface area contributed by atoms with Crippen LogP contribution < -0.4 is 5.32 Å². The molecule has 0 aliphatic carbocycles. The standard InChI is InChI=1S/C8H10N2OS.BrH/c11-7-6-12-8-9-4-2-1-3-5-10(7)8;/h1-4,6,8-9,11H,5H2;1H/b3-1-,4-2-;. The third-order valence-corrected chi connectivity index (χ3v) is 2.76. The zero-order valence-corrected chi connectivity index (χ0v) is 9.41. The van der Waals surface area contributed by atoms with Crippen molar-refractivity contribution in [2.75, 3.05) is 6.54 Å². The van der Waals surface area contributed by atoms with Crippen LogP contribution >= 0.6 is 28.7 Å². The van der Waals surface area contributed by atoms with Gasteiger partial charge < -0.3 is 15.3 Å². The fourth-order valence-corrected chi connectivity index (χ4v) is 2.04. The fraction of sp³-hybridized carbons (Fsp3) is 0.250. The van der Waals surface area contributed by atoms with Gasteiger partial charge in [-0.25, -0.2) is 0 Å². The first-order valence-electron chi connectivity index (χ1n) is 3.77. The summed E-state index contributed by atoms with van der Waals surface area (Å²) in [6.45, 7) is 0.747. The molecule has 5 heteroatoms. The molecule has 0 radical (unpaired) electrons. The predicted molar refractivity (Wildman–Crippen MR) is 60.5 cm³/mol. The third-order valence-electron chi connectivity index (χ3n) is 1.76. The highest BCUT2D eigenvalue weighted by Gasteiger charge is 2.24. The molecule has 0 aromatic carbocycles. The largest absolute Gasteiger partial charge is 0.494 e. The van der Waals surface area contributed by atoms with Crippen LogP contribution in [0.4, 0.5) is 0 Å². The minimum Gasteiger partial charge on any atom is -0.494 e. The molecule has 1 unspecified atom stereocenters. The number of rotatable bonds is 0. The van der Waals surface area contributed by atoms with Gasteiger partial charge in [0.25, 0.3) is 0 Å².